The molecule has 1 aliphatic rings. The second-order valence-corrected chi connectivity index (χ2v) is 4.75. The Kier molecular flexibility index (Phi) is 6.32. The quantitative estimate of drug-likeness (QED) is 0.322. The van der Waals surface area contributed by atoms with Crippen LogP contribution in [0, 0.1) is 6.92 Å². The van der Waals surface area contributed by atoms with E-state index in [-0.39, 0.29) is 26.2 Å². The average Bonchev–Trinajstić information content (AvgIpc) is 2.84. The predicted molar refractivity (Wildman–Crippen MR) is 79.9 cm³/mol. The molecule has 1 aliphatic heterocycles. The molecule has 0 saturated carbocycles. The van der Waals surface area contributed by atoms with Gasteiger partial charge in [0, 0.05) is 34.2 Å². The van der Waals surface area contributed by atoms with E-state index in [2.05, 4.69) is 46.7 Å². The number of nitrogens with two attached hydrogens (primary N) is 1. The maximum Gasteiger partial charge on any atom is 0.184 e. The topological polar surface area (TPSA) is 53.6 Å². The molecule has 4 nitrogen and oxygen atoms in total. The number of anilines is 1. The van der Waals surface area contributed by atoms with Crippen molar-refractivity contribution >= 4 is 29.2 Å². The zero-order valence-corrected chi connectivity index (χ0v) is 14.4. The minimum absolute atomic E-state index is 0. The molecule has 2 rings (SSSR count). The monoisotopic (exact) mass is 445 g/mol. The molecule has 1 fully saturated rings. The molecule has 0 atom stereocenters. The van der Waals surface area contributed by atoms with Crippen molar-refractivity contribution in [3.8, 4) is 0 Å². The fourth-order valence-electron chi connectivity index (χ4n) is 2.06. The summed E-state index contributed by atoms with van der Waals surface area (Å²) in [6.07, 6.45) is 4.22. The van der Waals surface area contributed by atoms with Crippen molar-refractivity contribution in [3.63, 3.8) is 0 Å². The Morgan fingerprint density at radius 2 is 2.11 bits per heavy atom. The predicted octanol–water partition coefficient (Wildman–Crippen LogP) is 1.63. The first-order valence-electron chi connectivity index (χ1n) is 5.96. The van der Waals surface area contributed by atoms with Crippen LogP contribution >= 0.6 is 12.2 Å². The van der Waals surface area contributed by atoms with Gasteiger partial charge in [0.25, 0.3) is 0 Å². The minimum atomic E-state index is 0. The van der Waals surface area contributed by atoms with Gasteiger partial charge in [0.05, 0.1) is 0 Å². The normalized spacial score (nSPS) is 14.4. The number of hydrogen-bond donors (Lipinski definition) is 2. The number of benzene rings is 1. The van der Waals surface area contributed by atoms with E-state index in [1.54, 1.807) is 6.21 Å². The van der Waals surface area contributed by atoms with E-state index in [0.717, 1.165) is 24.2 Å². The summed E-state index contributed by atoms with van der Waals surface area (Å²) in [6, 6.07) is 6.20. The smallest absolute Gasteiger partial charge is 0.184 e. The van der Waals surface area contributed by atoms with Crippen LogP contribution in [0.15, 0.2) is 23.3 Å². The number of hydrogen-bond acceptors (Lipinski definition) is 3. The molecular weight excluding hydrogens is 428 g/mol. The first-order valence-corrected chi connectivity index (χ1v) is 6.37. The molecular formula is C13H17N4SW-. The molecule has 0 amide bonds. The van der Waals surface area contributed by atoms with E-state index in [1.807, 2.05) is 6.07 Å². The zero-order chi connectivity index (χ0) is 13.0. The second-order valence-electron chi connectivity index (χ2n) is 4.31. The van der Waals surface area contributed by atoms with Gasteiger partial charge in [-0.25, -0.2) is 0 Å². The average molecular weight is 445 g/mol. The van der Waals surface area contributed by atoms with Crippen LogP contribution in [0.25, 0.3) is 0 Å². The molecule has 1 heterocycles. The summed E-state index contributed by atoms with van der Waals surface area (Å²) in [7, 11) is 0. The standard InChI is InChI=1S/C13H17N4S.W/c1-10-8-12(17-6-2-3-7-17)5-4-11(10)9-15-16-13(14)18;/h4-5,8-9H,1-3,6-7H2,(H3,14,16,18);/q-1;/b15-9+;. The summed E-state index contributed by atoms with van der Waals surface area (Å²) in [4.78, 5) is 2.38. The molecule has 19 heavy (non-hydrogen) atoms. The van der Waals surface area contributed by atoms with Gasteiger partial charge < -0.3 is 10.6 Å². The van der Waals surface area contributed by atoms with E-state index >= 15 is 0 Å². The third-order valence-electron chi connectivity index (χ3n) is 2.98. The van der Waals surface area contributed by atoms with Gasteiger partial charge >= 0.3 is 0 Å². The van der Waals surface area contributed by atoms with E-state index < -0.39 is 0 Å². The molecule has 1 saturated heterocycles. The summed E-state index contributed by atoms with van der Waals surface area (Å²) < 4.78 is 0. The van der Waals surface area contributed by atoms with E-state index in [1.165, 1.54) is 18.5 Å². The third-order valence-corrected chi connectivity index (χ3v) is 3.07. The Balaban J connectivity index is 0.00000180. The van der Waals surface area contributed by atoms with Gasteiger partial charge in [-0.2, -0.15) is 17.6 Å². The number of thiocarbonyl (C=S) groups is 1. The Morgan fingerprint density at radius 3 is 2.68 bits per heavy atom. The van der Waals surface area contributed by atoms with Gasteiger partial charge in [0.1, 0.15) is 0 Å². The molecule has 102 valence electrons. The van der Waals surface area contributed by atoms with Crippen LogP contribution in [0.3, 0.4) is 0 Å². The van der Waals surface area contributed by atoms with E-state index in [4.69, 9.17) is 5.73 Å². The maximum atomic E-state index is 5.29. The summed E-state index contributed by atoms with van der Waals surface area (Å²) in [5, 5.41) is 4.09. The van der Waals surface area contributed by atoms with Crippen molar-refractivity contribution < 1.29 is 21.1 Å². The van der Waals surface area contributed by atoms with Crippen molar-refractivity contribution in [2.24, 2.45) is 10.8 Å². The van der Waals surface area contributed by atoms with Crippen LogP contribution in [0.1, 0.15) is 24.0 Å². The molecule has 0 bridgehead atoms. The maximum absolute atomic E-state index is 5.29. The molecule has 1 aromatic rings. The largest absolute Gasteiger partial charge is 0.382 e. The summed E-state index contributed by atoms with van der Waals surface area (Å²) in [5.74, 6) is 0. The van der Waals surface area contributed by atoms with Crippen LogP contribution in [0.4, 0.5) is 5.69 Å². The van der Waals surface area contributed by atoms with Gasteiger partial charge in [0.15, 0.2) is 5.11 Å². The van der Waals surface area contributed by atoms with Crippen LogP contribution < -0.4 is 16.1 Å². The molecule has 3 N–H and O–H groups in total. The van der Waals surface area contributed by atoms with Crippen LogP contribution in [0.5, 0.6) is 0 Å². The summed E-state index contributed by atoms with van der Waals surface area (Å²) in [5.41, 5.74) is 11.0. The van der Waals surface area contributed by atoms with Gasteiger partial charge in [0.2, 0.25) is 0 Å². The Bertz CT molecular complexity index is 470. The van der Waals surface area contributed by atoms with Crippen LogP contribution in [0.2, 0.25) is 0 Å². The number of nitrogens with one attached hydrogen (secondary N) is 1. The van der Waals surface area contributed by atoms with Crippen molar-refractivity contribution in [2.75, 3.05) is 18.0 Å². The van der Waals surface area contributed by atoms with E-state index in [0.29, 0.717) is 0 Å². The van der Waals surface area contributed by atoms with Crippen LogP contribution in [-0.2, 0) is 21.1 Å². The van der Waals surface area contributed by atoms with Gasteiger partial charge in [-0.05, 0) is 37.0 Å². The van der Waals surface area contributed by atoms with Crippen molar-refractivity contribution in [1.82, 2.24) is 5.43 Å². The molecule has 0 unspecified atom stereocenters. The van der Waals surface area contributed by atoms with Crippen molar-refractivity contribution in [3.05, 3.63) is 36.2 Å². The fourth-order valence-corrected chi connectivity index (χ4v) is 2.11. The number of hydrazone groups is 1. The Hall–Kier alpha value is -1.06. The Morgan fingerprint density at radius 1 is 1.42 bits per heavy atom. The minimum Gasteiger partial charge on any atom is -0.382 e. The zero-order valence-electron chi connectivity index (χ0n) is 10.6. The van der Waals surface area contributed by atoms with Crippen LogP contribution in [-0.4, -0.2) is 24.4 Å². The second kappa shape index (κ2) is 7.51. The summed E-state index contributed by atoms with van der Waals surface area (Å²) >= 11 is 4.67. The molecule has 0 spiro atoms. The molecule has 1 aromatic carbocycles. The summed E-state index contributed by atoms with van der Waals surface area (Å²) in [6.45, 7) is 6.31. The number of rotatable bonds is 3. The first kappa shape index (κ1) is 16.0. The van der Waals surface area contributed by atoms with Crippen molar-refractivity contribution in [2.45, 2.75) is 12.8 Å². The van der Waals surface area contributed by atoms with E-state index in [9.17, 15) is 0 Å². The third kappa shape index (κ3) is 4.51. The van der Waals surface area contributed by atoms with Gasteiger partial charge in [-0.1, -0.05) is 6.07 Å². The number of nitrogens with zero attached hydrogens (tertiary/aromatic N) is 2. The van der Waals surface area contributed by atoms with Gasteiger partial charge in [-0.3, -0.25) is 5.43 Å². The SMILES string of the molecule is [CH2-]c1cc(N2CCCC2)ccc1/C=N/NC(N)=S.[W]. The fraction of sp³-hybridized carbons (Fsp3) is 0.308. The van der Waals surface area contributed by atoms with Gasteiger partial charge in [-0.15, -0.1) is 17.7 Å². The molecule has 0 aliphatic carbocycles. The Labute approximate surface area is 133 Å². The molecule has 6 heteroatoms. The first-order chi connectivity index (χ1) is 8.66. The molecule has 0 aromatic heterocycles. The van der Waals surface area contributed by atoms with Crippen molar-refractivity contribution in [1.29, 1.82) is 0 Å². The molecule has 0 radical (unpaired) electrons.